The Kier molecular flexibility index (Phi) is 6.58. The van der Waals surface area contributed by atoms with Crippen molar-refractivity contribution in [3.05, 3.63) is 74.9 Å². The molecule has 10 heteroatoms. The molecule has 0 atom stereocenters. The number of aromatic hydroxyl groups is 1. The average molecular weight is 627 g/mol. The summed E-state index contributed by atoms with van der Waals surface area (Å²) in [5.74, 6) is -0.278. The number of phenolic OH excluding ortho intramolecular Hbond substituents is 1. The first-order valence-electron chi connectivity index (χ1n) is 12.8. The van der Waals surface area contributed by atoms with Gasteiger partial charge in [0, 0.05) is 49.8 Å². The minimum absolute atomic E-state index is 0.106. The predicted octanol–water partition coefficient (Wildman–Crippen LogP) is 4.79. The number of halogens is 2. The summed E-state index contributed by atoms with van der Waals surface area (Å²) >= 11 is 2.25. The zero-order chi connectivity index (χ0) is 26.4. The number of piperidine rings is 1. The van der Waals surface area contributed by atoms with Gasteiger partial charge in [-0.2, -0.15) is 0 Å². The van der Waals surface area contributed by atoms with E-state index < -0.39 is 0 Å². The number of nitrogens with one attached hydrogen (secondary N) is 1. The Bertz CT molecular complexity index is 1430. The van der Waals surface area contributed by atoms with Crippen LogP contribution in [0.15, 0.2) is 48.7 Å². The Morgan fingerprint density at radius 3 is 2.61 bits per heavy atom. The molecule has 0 radical (unpaired) electrons. The van der Waals surface area contributed by atoms with Gasteiger partial charge in [-0.3, -0.25) is 4.79 Å². The van der Waals surface area contributed by atoms with Gasteiger partial charge in [0.1, 0.15) is 17.3 Å². The van der Waals surface area contributed by atoms with Crippen LogP contribution in [0.3, 0.4) is 0 Å². The number of carbonyl (C=O) groups is 2. The number of carbonyl (C=O) groups excluding carboxylic acids is 2. The van der Waals surface area contributed by atoms with Gasteiger partial charge in [0.25, 0.3) is 5.91 Å². The van der Waals surface area contributed by atoms with Crippen molar-refractivity contribution < 1.29 is 19.1 Å². The molecule has 1 aromatic heterocycles. The lowest BCUT2D eigenvalue weighted by molar-refractivity contribution is 0.0984. The highest BCUT2D eigenvalue weighted by Crippen LogP contribution is 2.33. The average Bonchev–Trinajstić information content (AvgIpc) is 3.25. The molecule has 3 amide bonds. The van der Waals surface area contributed by atoms with Gasteiger partial charge in [0.2, 0.25) is 0 Å². The first kappa shape index (κ1) is 24.9. The Labute approximate surface area is 233 Å². The lowest BCUT2D eigenvalue weighted by atomic mass is 10.0. The highest BCUT2D eigenvalue weighted by atomic mass is 127. The summed E-state index contributed by atoms with van der Waals surface area (Å²) < 4.78 is 14.6. The van der Waals surface area contributed by atoms with E-state index in [-0.39, 0.29) is 29.5 Å². The zero-order valence-corrected chi connectivity index (χ0v) is 22.8. The molecule has 2 aromatic carbocycles. The highest BCUT2D eigenvalue weighted by molar-refractivity contribution is 14.1. The molecule has 196 valence electrons. The molecule has 2 N–H and O–H groups in total. The van der Waals surface area contributed by atoms with Crippen molar-refractivity contribution in [1.29, 1.82) is 0 Å². The number of phenols is 1. The number of hydrogen-bond donors (Lipinski definition) is 2. The molecule has 38 heavy (non-hydrogen) atoms. The monoisotopic (exact) mass is 627 g/mol. The maximum absolute atomic E-state index is 13.6. The topological polar surface area (TPSA) is 89.0 Å². The number of anilines is 3. The van der Waals surface area contributed by atoms with E-state index in [4.69, 9.17) is 0 Å². The molecule has 3 aromatic rings. The first-order chi connectivity index (χ1) is 18.4. The van der Waals surface area contributed by atoms with Gasteiger partial charge < -0.3 is 25.1 Å². The summed E-state index contributed by atoms with van der Waals surface area (Å²) in [6, 6.07) is 11.4. The van der Waals surface area contributed by atoms with E-state index in [1.165, 1.54) is 12.1 Å². The molecule has 8 nitrogen and oxygen atoms in total. The molecular formula is C28H27FIN5O3. The highest BCUT2D eigenvalue weighted by Gasteiger charge is 2.32. The van der Waals surface area contributed by atoms with Gasteiger partial charge in [-0.05, 0) is 102 Å². The number of nitrogens with zero attached hydrogens (tertiary/aromatic N) is 4. The van der Waals surface area contributed by atoms with Crippen molar-refractivity contribution in [3.8, 4) is 5.75 Å². The Morgan fingerprint density at radius 2 is 1.79 bits per heavy atom. The third kappa shape index (κ3) is 4.65. The Balaban J connectivity index is 1.14. The van der Waals surface area contributed by atoms with Crippen molar-refractivity contribution in [2.24, 2.45) is 0 Å². The number of aromatic nitrogens is 1. The van der Waals surface area contributed by atoms with Gasteiger partial charge >= 0.3 is 6.03 Å². The quantitative estimate of drug-likeness (QED) is 0.322. The fraction of sp³-hybridized carbons (Fsp3) is 0.321. The van der Waals surface area contributed by atoms with Crippen molar-refractivity contribution in [3.63, 3.8) is 0 Å². The van der Waals surface area contributed by atoms with Gasteiger partial charge in [-0.1, -0.05) is 0 Å². The number of amides is 3. The molecule has 0 unspecified atom stereocenters. The van der Waals surface area contributed by atoms with Crippen LogP contribution in [0, 0.1) is 9.39 Å². The van der Waals surface area contributed by atoms with Gasteiger partial charge in [0.15, 0.2) is 0 Å². The van der Waals surface area contributed by atoms with E-state index in [9.17, 15) is 19.1 Å². The van der Waals surface area contributed by atoms with Crippen LogP contribution in [0.5, 0.6) is 5.75 Å². The van der Waals surface area contributed by atoms with Crippen LogP contribution in [0.2, 0.25) is 0 Å². The van der Waals surface area contributed by atoms with Crippen LogP contribution in [0.25, 0.3) is 0 Å². The van der Waals surface area contributed by atoms with Crippen LogP contribution in [-0.4, -0.2) is 59.1 Å². The fourth-order valence-electron chi connectivity index (χ4n) is 5.71. The molecule has 3 aliphatic rings. The maximum Gasteiger partial charge on any atom is 0.322 e. The molecule has 0 bridgehead atoms. The molecule has 0 spiro atoms. The summed E-state index contributed by atoms with van der Waals surface area (Å²) in [5.41, 5.74) is 4.60. The van der Waals surface area contributed by atoms with Crippen molar-refractivity contribution >= 4 is 51.6 Å². The third-order valence-electron chi connectivity index (χ3n) is 7.70. The standard InChI is InChI=1S/C28H27FIN5O3/c29-19-1-4-25-18(13-19)6-12-35(25)27(37)24-15-26(22(30)16-31-24)33-9-7-20(8-10-33)34-11-5-17-14-21(36)2-3-23(17)32-28(34)38/h1-4,13-16,20,36H,5-12H2,(H,32,38). The molecule has 0 saturated carbocycles. The van der Waals surface area contributed by atoms with Crippen LogP contribution in [-0.2, 0) is 12.8 Å². The molecule has 4 heterocycles. The number of pyridine rings is 1. The smallest absolute Gasteiger partial charge is 0.322 e. The zero-order valence-electron chi connectivity index (χ0n) is 20.7. The minimum atomic E-state index is -0.294. The van der Waals surface area contributed by atoms with E-state index in [0.29, 0.717) is 31.6 Å². The normalized spacial score (nSPS) is 17.6. The summed E-state index contributed by atoms with van der Waals surface area (Å²) in [4.78, 5) is 36.6. The van der Waals surface area contributed by atoms with E-state index in [0.717, 1.165) is 57.7 Å². The third-order valence-corrected chi connectivity index (χ3v) is 8.53. The van der Waals surface area contributed by atoms with Crippen LogP contribution < -0.4 is 15.1 Å². The lowest BCUT2D eigenvalue weighted by Gasteiger charge is -2.39. The summed E-state index contributed by atoms with van der Waals surface area (Å²) in [6.07, 6.45) is 4.65. The number of benzene rings is 2. The first-order valence-corrected chi connectivity index (χ1v) is 13.9. The largest absolute Gasteiger partial charge is 0.508 e. The summed E-state index contributed by atoms with van der Waals surface area (Å²) in [6.45, 7) is 2.61. The molecule has 6 rings (SSSR count). The van der Waals surface area contributed by atoms with Crippen LogP contribution in [0.1, 0.15) is 34.5 Å². The van der Waals surface area contributed by atoms with Crippen molar-refractivity contribution in [2.45, 2.75) is 31.7 Å². The summed E-state index contributed by atoms with van der Waals surface area (Å²) in [7, 11) is 0. The molecule has 3 aliphatic heterocycles. The SMILES string of the molecule is O=C(c1cc(N2CCC(N3CCc4cc(O)ccc4NC3=O)CC2)c(I)cn1)N1CCc2cc(F)ccc21. The van der Waals surface area contributed by atoms with E-state index in [1.54, 1.807) is 35.4 Å². The van der Waals surface area contributed by atoms with E-state index >= 15 is 0 Å². The van der Waals surface area contributed by atoms with E-state index in [2.05, 4.69) is 37.8 Å². The summed E-state index contributed by atoms with van der Waals surface area (Å²) in [5, 5.41) is 12.8. The molecule has 1 saturated heterocycles. The number of hydrogen-bond acceptors (Lipinski definition) is 5. The Morgan fingerprint density at radius 1 is 1.00 bits per heavy atom. The van der Waals surface area contributed by atoms with Gasteiger partial charge in [0.05, 0.1) is 9.26 Å². The van der Waals surface area contributed by atoms with Crippen molar-refractivity contribution in [2.75, 3.05) is 41.3 Å². The minimum Gasteiger partial charge on any atom is -0.508 e. The van der Waals surface area contributed by atoms with E-state index in [1.807, 2.05) is 11.0 Å². The molecular weight excluding hydrogens is 600 g/mol. The number of urea groups is 1. The van der Waals surface area contributed by atoms with Crippen LogP contribution >= 0.6 is 22.6 Å². The molecule has 0 aliphatic carbocycles. The maximum atomic E-state index is 13.6. The fourth-order valence-corrected chi connectivity index (χ4v) is 6.35. The van der Waals surface area contributed by atoms with Crippen LogP contribution in [0.4, 0.5) is 26.2 Å². The van der Waals surface area contributed by atoms with Gasteiger partial charge in [-0.25, -0.2) is 14.2 Å². The van der Waals surface area contributed by atoms with Crippen molar-refractivity contribution in [1.82, 2.24) is 9.88 Å². The molecule has 1 fully saturated rings. The number of rotatable bonds is 3. The predicted molar refractivity (Wildman–Crippen MR) is 152 cm³/mol. The lowest BCUT2D eigenvalue weighted by Crippen LogP contribution is -2.49. The second kappa shape index (κ2) is 10.0. The number of fused-ring (bicyclic) bond motifs is 2. The Hall–Kier alpha value is -3.41. The second-order valence-electron chi connectivity index (χ2n) is 9.93. The van der Waals surface area contributed by atoms with Gasteiger partial charge in [-0.15, -0.1) is 0 Å². The second-order valence-corrected chi connectivity index (χ2v) is 11.1.